The van der Waals surface area contributed by atoms with Crippen LogP contribution < -0.4 is 4.90 Å². The van der Waals surface area contributed by atoms with Gasteiger partial charge in [-0.25, -0.2) is 4.98 Å². The molecule has 7 heteroatoms. The van der Waals surface area contributed by atoms with Crippen LogP contribution in [-0.4, -0.2) is 63.5 Å². The Morgan fingerprint density at radius 1 is 1.36 bits per heavy atom. The summed E-state index contributed by atoms with van der Waals surface area (Å²) in [4.78, 5) is 13.4. The van der Waals surface area contributed by atoms with Gasteiger partial charge in [0.05, 0.1) is 30.6 Å². The summed E-state index contributed by atoms with van der Waals surface area (Å²) in [6, 6.07) is 2.44. The monoisotopic (exact) mass is 300 g/mol. The molecule has 2 fully saturated rings. The summed E-state index contributed by atoms with van der Waals surface area (Å²) < 4.78 is 5.97. The van der Waals surface area contributed by atoms with Crippen LogP contribution in [0.25, 0.3) is 0 Å². The molecular formula is C15H20N6O. The summed E-state index contributed by atoms with van der Waals surface area (Å²) in [5.74, 6) is 0.943. The second-order valence-corrected chi connectivity index (χ2v) is 5.97. The molecule has 2 aliphatic rings. The smallest absolute Gasteiger partial charge is 0.147 e. The van der Waals surface area contributed by atoms with Gasteiger partial charge in [-0.3, -0.25) is 15.0 Å². The first-order valence-corrected chi connectivity index (χ1v) is 7.67. The van der Waals surface area contributed by atoms with Crippen LogP contribution in [0.15, 0.2) is 24.7 Å². The van der Waals surface area contributed by atoms with Crippen molar-refractivity contribution in [3.05, 3.63) is 36.0 Å². The number of aryl methyl sites for hydroxylation is 1. The Morgan fingerprint density at radius 3 is 3.09 bits per heavy atom. The first kappa shape index (κ1) is 13.7. The lowest BCUT2D eigenvalue weighted by Gasteiger charge is -2.37. The van der Waals surface area contributed by atoms with E-state index in [2.05, 4.69) is 36.0 Å². The second-order valence-electron chi connectivity index (χ2n) is 5.97. The van der Waals surface area contributed by atoms with Gasteiger partial charge in [-0.15, -0.1) is 0 Å². The van der Waals surface area contributed by atoms with Crippen LogP contribution in [0.3, 0.4) is 0 Å². The van der Waals surface area contributed by atoms with Crippen molar-refractivity contribution >= 4 is 5.82 Å². The number of H-pyrrole nitrogens is 1. The highest BCUT2D eigenvalue weighted by Gasteiger charge is 2.40. The summed E-state index contributed by atoms with van der Waals surface area (Å²) >= 11 is 0. The van der Waals surface area contributed by atoms with Crippen molar-refractivity contribution in [3.63, 3.8) is 0 Å². The number of rotatable bonds is 3. The maximum absolute atomic E-state index is 5.97. The number of morpholine rings is 1. The first-order valence-electron chi connectivity index (χ1n) is 7.67. The summed E-state index contributed by atoms with van der Waals surface area (Å²) in [6.45, 7) is 6.40. The molecule has 0 aliphatic carbocycles. The number of likely N-dealkylation sites (tertiary alicyclic amines) is 1. The molecule has 22 heavy (non-hydrogen) atoms. The van der Waals surface area contributed by atoms with Crippen molar-refractivity contribution in [2.24, 2.45) is 0 Å². The van der Waals surface area contributed by atoms with Gasteiger partial charge >= 0.3 is 0 Å². The van der Waals surface area contributed by atoms with E-state index in [-0.39, 0.29) is 6.10 Å². The third-order valence-corrected chi connectivity index (χ3v) is 4.37. The third kappa shape index (κ3) is 2.57. The van der Waals surface area contributed by atoms with E-state index in [1.165, 1.54) is 0 Å². The SMILES string of the molecule is Cc1cc(CN2C[C@@H]3OCCN(c4cnccn4)[C@H]3C2)n[nH]1. The van der Waals surface area contributed by atoms with Gasteiger partial charge in [0.15, 0.2) is 0 Å². The Balaban J connectivity index is 1.48. The molecule has 0 saturated carbocycles. The molecule has 4 rings (SSSR count). The molecular weight excluding hydrogens is 280 g/mol. The number of nitrogens with one attached hydrogen (secondary N) is 1. The van der Waals surface area contributed by atoms with E-state index in [9.17, 15) is 0 Å². The fourth-order valence-electron chi connectivity index (χ4n) is 3.40. The van der Waals surface area contributed by atoms with Crippen molar-refractivity contribution in [1.29, 1.82) is 0 Å². The molecule has 0 bridgehead atoms. The van der Waals surface area contributed by atoms with Crippen LogP contribution in [0, 0.1) is 6.92 Å². The van der Waals surface area contributed by atoms with Gasteiger partial charge in [-0.05, 0) is 13.0 Å². The molecule has 0 aromatic carbocycles. The van der Waals surface area contributed by atoms with Crippen LogP contribution in [0.1, 0.15) is 11.4 Å². The predicted octanol–water partition coefficient (Wildman–Crippen LogP) is 0.598. The third-order valence-electron chi connectivity index (χ3n) is 4.37. The largest absolute Gasteiger partial charge is 0.373 e. The lowest BCUT2D eigenvalue weighted by Crippen LogP contribution is -2.51. The van der Waals surface area contributed by atoms with Gasteiger partial charge in [0, 0.05) is 44.3 Å². The Kier molecular flexibility index (Phi) is 3.51. The van der Waals surface area contributed by atoms with Gasteiger partial charge < -0.3 is 9.64 Å². The maximum atomic E-state index is 5.97. The van der Waals surface area contributed by atoms with Crippen molar-refractivity contribution in [2.45, 2.75) is 25.6 Å². The molecule has 2 atom stereocenters. The van der Waals surface area contributed by atoms with Crippen molar-refractivity contribution in [3.8, 4) is 0 Å². The number of aromatic amines is 1. The van der Waals surface area contributed by atoms with Crippen LogP contribution in [-0.2, 0) is 11.3 Å². The molecule has 4 heterocycles. The number of nitrogens with zero attached hydrogens (tertiary/aromatic N) is 5. The van der Waals surface area contributed by atoms with E-state index in [1.807, 2.05) is 13.1 Å². The highest BCUT2D eigenvalue weighted by atomic mass is 16.5. The van der Waals surface area contributed by atoms with Crippen LogP contribution >= 0.6 is 0 Å². The molecule has 2 aliphatic heterocycles. The minimum absolute atomic E-state index is 0.232. The molecule has 0 radical (unpaired) electrons. The molecule has 2 saturated heterocycles. The number of aromatic nitrogens is 4. The van der Waals surface area contributed by atoms with Crippen molar-refractivity contribution < 1.29 is 4.74 Å². The fraction of sp³-hybridized carbons (Fsp3) is 0.533. The summed E-state index contributed by atoms with van der Waals surface area (Å²) in [5.41, 5.74) is 2.19. The number of hydrogen-bond donors (Lipinski definition) is 1. The second kappa shape index (κ2) is 5.66. The van der Waals surface area contributed by atoms with Gasteiger partial charge in [0.2, 0.25) is 0 Å². The van der Waals surface area contributed by atoms with E-state index >= 15 is 0 Å². The summed E-state index contributed by atoms with van der Waals surface area (Å²) in [6.07, 6.45) is 5.53. The quantitative estimate of drug-likeness (QED) is 0.895. The Bertz CT molecular complexity index is 630. The fourth-order valence-corrected chi connectivity index (χ4v) is 3.40. The Labute approximate surface area is 129 Å². The first-order chi connectivity index (χ1) is 10.8. The standard InChI is InChI=1S/C15H20N6O/c1-11-6-12(19-18-11)8-20-9-13-14(10-20)22-5-4-21(13)15-7-16-2-3-17-15/h2-3,6-7,13-14H,4-5,8-10H2,1H3,(H,18,19)/t13-,14-/m0/s1. The van der Waals surface area contributed by atoms with Gasteiger partial charge in [0.1, 0.15) is 5.82 Å². The van der Waals surface area contributed by atoms with Crippen LogP contribution in [0.2, 0.25) is 0 Å². The summed E-state index contributed by atoms with van der Waals surface area (Å²) in [7, 11) is 0. The van der Waals surface area contributed by atoms with Crippen LogP contribution in [0.5, 0.6) is 0 Å². The van der Waals surface area contributed by atoms with Crippen molar-refractivity contribution in [2.75, 3.05) is 31.1 Å². The molecule has 1 N–H and O–H groups in total. The molecule has 2 aromatic heterocycles. The molecule has 7 nitrogen and oxygen atoms in total. The number of anilines is 1. The topological polar surface area (TPSA) is 70.2 Å². The minimum atomic E-state index is 0.232. The van der Waals surface area contributed by atoms with Crippen LogP contribution in [0.4, 0.5) is 5.82 Å². The zero-order chi connectivity index (χ0) is 14.9. The van der Waals surface area contributed by atoms with E-state index in [0.717, 1.165) is 50.0 Å². The Hall–Kier alpha value is -1.99. The average molecular weight is 300 g/mol. The highest BCUT2D eigenvalue weighted by Crippen LogP contribution is 2.27. The highest BCUT2D eigenvalue weighted by molar-refractivity contribution is 5.39. The van der Waals surface area contributed by atoms with E-state index in [0.29, 0.717) is 6.04 Å². The van der Waals surface area contributed by atoms with E-state index in [4.69, 9.17) is 4.74 Å². The van der Waals surface area contributed by atoms with E-state index < -0.39 is 0 Å². The normalized spacial score (nSPS) is 25.4. The Morgan fingerprint density at radius 2 is 2.32 bits per heavy atom. The van der Waals surface area contributed by atoms with Gasteiger partial charge in [-0.1, -0.05) is 0 Å². The zero-order valence-electron chi connectivity index (χ0n) is 12.6. The molecule has 0 spiro atoms. The number of hydrogen-bond acceptors (Lipinski definition) is 6. The minimum Gasteiger partial charge on any atom is -0.373 e. The summed E-state index contributed by atoms with van der Waals surface area (Å²) in [5, 5.41) is 7.33. The lowest BCUT2D eigenvalue weighted by atomic mass is 10.1. The van der Waals surface area contributed by atoms with Gasteiger partial charge in [0.25, 0.3) is 0 Å². The number of ether oxygens (including phenoxy) is 1. The molecule has 116 valence electrons. The molecule has 0 unspecified atom stereocenters. The lowest BCUT2D eigenvalue weighted by molar-refractivity contribution is 0.0303. The molecule has 2 aromatic rings. The van der Waals surface area contributed by atoms with Crippen molar-refractivity contribution in [1.82, 2.24) is 25.1 Å². The van der Waals surface area contributed by atoms with E-state index in [1.54, 1.807) is 12.4 Å². The van der Waals surface area contributed by atoms with Gasteiger partial charge in [-0.2, -0.15) is 5.10 Å². The predicted molar refractivity (Wildman–Crippen MR) is 81.5 cm³/mol. The zero-order valence-corrected chi connectivity index (χ0v) is 12.6. The molecule has 0 amide bonds. The average Bonchev–Trinajstić information content (AvgIpc) is 3.13. The number of fused-ring (bicyclic) bond motifs is 1. The maximum Gasteiger partial charge on any atom is 0.147 e.